The zero-order valence-corrected chi connectivity index (χ0v) is 17.2. The fraction of sp³-hybridized carbons (Fsp3) is 0.316. The summed E-state index contributed by atoms with van der Waals surface area (Å²) in [6.07, 6.45) is 0. The van der Waals surface area contributed by atoms with Crippen LogP contribution < -0.4 is 10.2 Å². The molecule has 1 heterocycles. The maximum Gasteiger partial charge on any atom is 0.288 e. The lowest BCUT2D eigenvalue weighted by Gasteiger charge is -2.31. The highest BCUT2D eigenvalue weighted by molar-refractivity contribution is 7.99. The molecule has 0 aliphatic carbocycles. The number of thioether (sulfide) groups is 1. The van der Waals surface area contributed by atoms with Crippen molar-refractivity contribution in [1.82, 2.24) is 4.31 Å². The zero-order chi connectivity index (χ0) is 20.9. The first kappa shape index (κ1) is 21.7. The van der Waals surface area contributed by atoms with Crippen molar-refractivity contribution in [2.45, 2.75) is 15.5 Å². The highest BCUT2D eigenvalue weighted by Gasteiger charge is 2.30. The van der Waals surface area contributed by atoms with Gasteiger partial charge < -0.3 is 10.2 Å². The van der Waals surface area contributed by atoms with Crippen molar-refractivity contribution in [2.24, 2.45) is 0 Å². The van der Waals surface area contributed by atoms with Gasteiger partial charge in [-0.3, -0.25) is 4.79 Å². The minimum atomic E-state index is -3.51. The Balaban J connectivity index is 1.48. The van der Waals surface area contributed by atoms with E-state index in [1.165, 1.54) is 16.4 Å². The van der Waals surface area contributed by atoms with Crippen LogP contribution in [0.15, 0.2) is 64.4 Å². The van der Waals surface area contributed by atoms with Crippen molar-refractivity contribution in [3.8, 4) is 0 Å². The third-order valence-electron chi connectivity index (χ3n) is 4.58. The average molecular weight is 443 g/mol. The number of nitrogens with zero attached hydrogens (tertiary/aromatic N) is 1. The summed E-state index contributed by atoms with van der Waals surface area (Å²) in [5.41, 5.74) is 0.540. The predicted octanol–water partition coefficient (Wildman–Crippen LogP) is 1.53. The molecule has 0 aromatic heterocycles. The second kappa shape index (κ2) is 9.66. The fourth-order valence-electron chi connectivity index (χ4n) is 3.11. The van der Waals surface area contributed by atoms with Crippen LogP contribution in [0.2, 0.25) is 0 Å². The lowest BCUT2D eigenvalue weighted by atomic mass is 10.3. The van der Waals surface area contributed by atoms with Gasteiger partial charge in [-0.15, -0.1) is 0 Å². The molecule has 1 aliphatic heterocycles. The third kappa shape index (κ3) is 5.99. The van der Waals surface area contributed by atoms with Crippen LogP contribution in [0, 0.1) is 0 Å². The molecule has 1 aliphatic rings. The first-order chi connectivity index (χ1) is 13.8. The van der Waals surface area contributed by atoms with Gasteiger partial charge in [0.15, 0.2) is 6.54 Å². The Morgan fingerprint density at radius 1 is 1.07 bits per heavy atom. The Morgan fingerprint density at radius 2 is 1.69 bits per heavy atom. The summed E-state index contributed by atoms with van der Waals surface area (Å²) >= 11 is 0.451. The van der Waals surface area contributed by atoms with E-state index in [2.05, 4.69) is 5.32 Å². The van der Waals surface area contributed by atoms with E-state index in [1.807, 2.05) is 0 Å². The molecule has 0 spiro atoms. The maximum atomic E-state index is 12.6. The summed E-state index contributed by atoms with van der Waals surface area (Å²) in [6.45, 7) is 1.97. The van der Waals surface area contributed by atoms with Gasteiger partial charge in [-0.2, -0.15) is 13.1 Å². The van der Waals surface area contributed by atoms with Crippen LogP contribution >= 0.6 is 11.8 Å². The number of hydrogen-bond acceptors (Lipinski definition) is 4. The summed E-state index contributed by atoms with van der Waals surface area (Å²) in [6, 6.07) is 14.5. The lowest BCUT2D eigenvalue weighted by molar-refractivity contribution is -0.895. The largest absolute Gasteiger partial charge is 0.325 e. The number of piperazine rings is 1. The van der Waals surface area contributed by atoms with Gasteiger partial charge in [0.25, 0.3) is 11.7 Å². The fourth-order valence-corrected chi connectivity index (χ4v) is 5.07. The van der Waals surface area contributed by atoms with E-state index in [-0.39, 0.29) is 17.3 Å². The first-order valence-electron chi connectivity index (χ1n) is 9.08. The molecule has 0 atom stereocenters. The molecule has 0 bridgehead atoms. The summed E-state index contributed by atoms with van der Waals surface area (Å²) in [4.78, 5) is 13.9. The number of sulfonamides is 1. The number of hydrogen-bond donors (Lipinski definition) is 2. The Bertz CT molecular complexity index is 917. The van der Waals surface area contributed by atoms with Crippen molar-refractivity contribution >= 4 is 33.4 Å². The van der Waals surface area contributed by atoms with Gasteiger partial charge in [0, 0.05) is 10.6 Å². The zero-order valence-electron chi connectivity index (χ0n) is 15.6. The Hall–Kier alpha value is -2.01. The lowest BCUT2D eigenvalue weighted by Crippen LogP contribution is -3.15. The number of carbonyl (C=O) groups excluding carboxylic acids is 1. The molecule has 1 amide bonds. The summed E-state index contributed by atoms with van der Waals surface area (Å²) in [7, 11) is -3.51. The van der Waals surface area contributed by atoms with Gasteiger partial charge in [0.05, 0.1) is 31.1 Å². The minimum absolute atomic E-state index is 0.200. The molecule has 29 heavy (non-hydrogen) atoms. The van der Waals surface area contributed by atoms with Crippen LogP contribution in [-0.4, -0.2) is 57.1 Å². The van der Waals surface area contributed by atoms with Crippen LogP contribution in [0.1, 0.15) is 0 Å². The normalized spacial score (nSPS) is 16.1. The molecule has 1 fully saturated rings. The van der Waals surface area contributed by atoms with E-state index in [1.54, 1.807) is 42.5 Å². The van der Waals surface area contributed by atoms with Crippen LogP contribution in [0.5, 0.6) is 0 Å². The second-order valence-corrected chi connectivity index (χ2v) is 9.60. The number of rotatable bonds is 7. The topological polar surface area (TPSA) is 70.9 Å². The summed E-state index contributed by atoms with van der Waals surface area (Å²) < 4.78 is 51.4. The van der Waals surface area contributed by atoms with Crippen LogP contribution in [0.3, 0.4) is 0 Å². The first-order valence-corrected chi connectivity index (χ1v) is 11.4. The molecule has 0 unspecified atom stereocenters. The molecule has 3 rings (SSSR count). The van der Waals surface area contributed by atoms with Gasteiger partial charge in [-0.25, -0.2) is 8.42 Å². The number of nitrogens with one attached hydrogen (secondary N) is 2. The number of quaternary nitrogens is 1. The van der Waals surface area contributed by atoms with Crippen molar-refractivity contribution in [3.63, 3.8) is 0 Å². The quantitative estimate of drug-likeness (QED) is 0.638. The molecule has 2 aromatic carbocycles. The third-order valence-corrected chi connectivity index (χ3v) is 7.22. The van der Waals surface area contributed by atoms with E-state index in [0.717, 1.165) is 4.90 Å². The number of halogens is 2. The smallest absolute Gasteiger partial charge is 0.288 e. The molecule has 0 radical (unpaired) electrons. The molecule has 156 valence electrons. The van der Waals surface area contributed by atoms with Gasteiger partial charge in [-0.1, -0.05) is 30.0 Å². The Kier molecular flexibility index (Phi) is 7.23. The van der Waals surface area contributed by atoms with E-state index in [0.29, 0.717) is 48.5 Å². The molecule has 2 N–H and O–H groups in total. The molecular weight excluding hydrogens is 420 g/mol. The van der Waals surface area contributed by atoms with Crippen LogP contribution in [0.25, 0.3) is 0 Å². The van der Waals surface area contributed by atoms with E-state index >= 15 is 0 Å². The highest BCUT2D eigenvalue weighted by atomic mass is 32.2. The van der Waals surface area contributed by atoms with Gasteiger partial charge in [0.2, 0.25) is 10.0 Å². The van der Waals surface area contributed by atoms with Crippen molar-refractivity contribution in [1.29, 1.82) is 0 Å². The molecule has 2 aromatic rings. The predicted molar refractivity (Wildman–Crippen MR) is 108 cm³/mol. The van der Waals surface area contributed by atoms with Crippen molar-refractivity contribution < 1.29 is 26.9 Å². The maximum absolute atomic E-state index is 12.6. The Morgan fingerprint density at radius 3 is 2.28 bits per heavy atom. The van der Waals surface area contributed by atoms with Gasteiger partial charge in [0.1, 0.15) is 0 Å². The second-order valence-electron chi connectivity index (χ2n) is 6.59. The molecule has 6 nitrogen and oxygen atoms in total. The van der Waals surface area contributed by atoms with Crippen molar-refractivity contribution in [3.05, 3.63) is 54.6 Å². The van der Waals surface area contributed by atoms with Crippen LogP contribution in [-0.2, 0) is 14.8 Å². The number of amides is 1. The summed E-state index contributed by atoms with van der Waals surface area (Å²) in [5.74, 6) is -2.68. The monoisotopic (exact) mass is 442 g/mol. The van der Waals surface area contributed by atoms with Crippen LogP contribution in [0.4, 0.5) is 14.5 Å². The minimum Gasteiger partial charge on any atom is -0.325 e. The number of alkyl halides is 2. The van der Waals surface area contributed by atoms with Crippen molar-refractivity contribution in [2.75, 3.05) is 38.0 Å². The van der Waals surface area contributed by atoms with Gasteiger partial charge >= 0.3 is 0 Å². The van der Waals surface area contributed by atoms with E-state index < -0.39 is 15.8 Å². The molecule has 1 saturated heterocycles. The molecule has 10 heteroatoms. The standard InChI is InChI=1S/C19H21F2N3O3S2/c20-19(21)28-16-8-6-15(7-9-16)22-18(25)14-23-10-12-24(13-11-23)29(26,27)17-4-2-1-3-5-17/h1-9,19H,10-14H2,(H,22,25)/p+1. The van der Waals surface area contributed by atoms with E-state index in [4.69, 9.17) is 0 Å². The average Bonchev–Trinajstić information content (AvgIpc) is 2.70. The number of benzene rings is 2. The number of anilines is 1. The van der Waals surface area contributed by atoms with Gasteiger partial charge in [-0.05, 0) is 36.4 Å². The highest BCUT2D eigenvalue weighted by Crippen LogP contribution is 2.26. The SMILES string of the molecule is O=C(C[NH+]1CCN(S(=O)(=O)c2ccccc2)CC1)Nc1ccc(SC(F)F)cc1. The number of carbonyl (C=O) groups is 1. The van der Waals surface area contributed by atoms with E-state index in [9.17, 15) is 22.0 Å². The molecular formula is C19H22F2N3O3S2+. The summed E-state index contributed by atoms with van der Waals surface area (Å²) in [5, 5.41) is 2.75. The Labute approximate surface area is 172 Å². The molecule has 0 saturated carbocycles.